The minimum Gasteiger partial charge on any atom is -0.354 e. The van der Waals surface area contributed by atoms with Crippen molar-refractivity contribution in [2.45, 2.75) is 33.7 Å². The van der Waals surface area contributed by atoms with Crippen LogP contribution in [0.5, 0.6) is 0 Å². The van der Waals surface area contributed by atoms with Gasteiger partial charge in [-0.1, -0.05) is 6.92 Å². The van der Waals surface area contributed by atoms with Crippen molar-refractivity contribution >= 4 is 23.1 Å². The van der Waals surface area contributed by atoms with Gasteiger partial charge in [0.15, 0.2) is 0 Å². The number of nitrogens with one attached hydrogen (secondary N) is 1. The SMILES string of the molecule is CCCNc1ncc(C)c(N(C)Cc2scnc2C)n1. The van der Waals surface area contributed by atoms with Crippen molar-refractivity contribution in [1.29, 1.82) is 0 Å². The fourth-order valence-corrected chi connectivity index (χ4v) is 2.74. The molecule has 1 N–H and O–H groups in total. The molecule has 0 aliphatic heterocycles. The molecule has 0 aliphatic rings. The second-order valence-corrected chi connectivity index (χ2v) is 5.78. The molecule has 0 bridgehead atoms. The molecule has 20 heavy (non-hydrogen) atoms. The van der Waals surface area contributed by atoms with E-state index < -0.39 is 0 Å². The first-order valence-electron chi connectivity index (χ1n) is 6.79. The van der Waals surface area contributed by atoms with Gasteiger partial charge in [-0.15, -0.1) is 11.3 Å². The molecule has 0 saturated heterocycles. The van der Waals surface area contributed by atoms with E-state index in [0.717, 1.165) is 36.6 Å². The van der Waals surface area contributed by atoms with Gasteiger partial charge in [0, 0.05) is 30.2 Å². The third kappa shape index (κ3) is 3.45. The van der Waals surface area contributed by atoms with E-state index in [9.17, 15) is 0 Å². The van der Waals surface area contributed by atoms with Gasteiger partial charge in [-0.25, -0.2) is 9.97 Å². The molecule has 108 valence electrons. The Bertz CT molecular complexity index is 566. The molecule has 0 unspecified atom stereocenters. The predicted octanol–water partition coefficient (Wildman–Crippen LogP) is 3.01. The first-order chi connectivity index (χ1) is 9.61. The van der Waals surface area contributed by atoms with Crippen LogP contribution in [-0.4, -0.2) is 28.5 Å². The molecule has 0 aromatic carbocycles. The highest BCUT2D eigenvalue weighted by molar-refractivity contribution is 7.09. The summed E-state index contributed by atoms with van der Waals surface area (Å²) in [5.41, 5.74) is 4.06. The number of hydrogen-bond donors (Lipinski definition) is 1. The van der Waals surface area contributed by atoms with Gasteiger partial charge in [-0.3, -0.25) is 0 Å². The summed E-state index contributed by atoms with van der Waals surface area (Å²) in [5.74, 6) is 1.66. The molecule has 2 rings (SSSR count). The van der Waals surface area contributed by atoms with Crippen molar-refractivity contribution in [1.82, 2.24) is 15.0 Å². The summed E-state index contributed by atoms with van der Waals surface area (Å²) >= 11 is 1.68. The fourth-order valence-electron chi connectivity index (χ4n) is 1.91. The van der Waals surface area contributed by atoms with E-state index in [-0.39, 0.29) is 0 Å². The van der Waals surface area contributed by atoms with Crippen LogP contribution >= 0.6 is 11.3 Å². The van der Waals surface area contributed by atoms with Crippen molar-refractivity contribution in [2.75, 3.05) is 23.8 Å². The average molecular weight is 291 g/mol. The van der Waals surface area contributed by atoms with Crippen LogP contribution in [0.1, 0.15) is 29.5 Å². The van der Waals surface area contributed by atoms with E-state index in [0.29, 0.717) is 5.95 Å². The van der Waals surface area contributed by atoms with Crippen LogP contribution in [0.2, 0.25) is 0 Å². The second-order valence-electron chi connectivity index (χ2n) is 4.84. The third-order valence-corrected chi connectivity index (χ3v) is 3.99. The highest BCUT2D eigenvalue weighted by Crippen LogP contribution is 2.21. The highest BCUT2D eigenvalue weighted by atomic mass is 32.1. The van der Waals surface area contributed by atoms with Crippen LogP contribution in [0.15, 0.2) is 11.7 Å². The maximum Gasteiger partial charge on any atom is 0.224 e. The van der Waals surface area contributed by atoms with Crippen molar-refractivity contribution in [3.05, 3.63) is 27.8 Å². The Balaban J connectivity index is 2.15. The zero-order chi connectivity index (χ0) is 14.5. The lowest BCUT2D eigenvalue weighted by molar-refractivity contribution is 0.878. The highest BCUT2D eigenvalue weighted by Gasteiger charge is 2.11. The smallest absolute Gasteiger partial charge is 0.224 e. The van der Waals surface area contributed by atoms with Crippen molar-refractivity contribution in [2.24, 2.45) is 0 Å². The molecule has 0 aliphatic carbocycles. The van der Waals surface area contributed by atoms with Gasteiger partial charge < -0.3 is 10.2 Å². The van der Waals surface area contributed by atoms with Crippen LogP contribution in [0, 0.1) is 13.8 Å². The van der Waals surface area contributed by atoms with Crippen molar-refractivity contribution in [3.8, 4) is 0 Å². The number of aryl methyl sites for hydroxylation is 2. The maximum atomic E-state index is 4.61. The zero-order valence-corrected chi connectivity index (χ0v) is 13.3. The molecule has 0 saturated carbocycles. The lowest BCUT2D eigenvalue weighted by atomic mass is 10.3. The second kappa shape index (κ2) is 6.65. The lowest BCUT2D eigenvalue weighted by Crippen LogP contribution is -2.20. The quantitative estimate of drug-likeness (QED) is 0.886. The molecule has 0 radical (unpaired) electrons. The van der Waals surface area contributed by atoms with Gasteiger partial charge in [0.25, 0.3) is 0 Å². The van der Waals surface area contributed by atoms with Crippen LogP contribution < -0.4 is 10.2 Å². The number of aromatic nitrogens is 3. The number of anilines is 2. The van der Waals surface area contributed by atoms with E-state index >= 15 is 0 Å². The van der Waals surface area contributed by atoms with Gasteiger partial charge in [-0.2, -0.15) is 4.98 Å². The number of rotatable bonds is 6. The third-order valence-electron chi connectivity index (χ3n) is 3.07. The Hall–Kier alpha value is -1.69. The fraction of sp³-hybridized carbons (Fsp3) is 0.500. The minimum absolute atomic E-state index is 0.695. The van der Waals surface area contributed by atoms with Crippen LogP contribution in [0.3, 0.4) is 0 Å². The summed E-state index contributed by atoms with van der Waals surface area (Å²) in [6.07, 6.45) is 2.93. The molecule has 0 amide bonds. The van der Waals surface area contributed by atoms with Crippen LogP contribution in [-0.2, 0) is 6.54 Å². The average Bonchev–Trinajstić information content (AvgIpc) is 2.83. The summed E-state index contributed by atoms with van der Waals surface area (Å²) < 4.78 is 0. The van der Waals surface area contributed by atoms with Gasteiger partial charge in [0.1, 0.15) is 5.82 Å². The van der Waals surface area contributed by atoms with Crippen molar-refractivity contribution < 1.29 is 0 Å². The largest absolute Gasteiger partial charge is 0.354 e. The van der Waals surface area contributed by atoms with Crippen LogP contribution in [0.25, 0.3) is 0 Å². The van der Waals surface area contributed by atoms with E-state index in [1.54, 1.807) is 11.3 Å². The van der Waals surface area contributed by atoms with E-state index in [4.69, 9.17) is 0 Å². The van der Waals surface area contributed by atoms with Gasteiger partial charge in [0.05, 0.1) is 17.7 Å². The van der Waals surface area contributed by atoms with Gasteiger partial charge in [-0.05, 0) is 20.3 Å². The Labute approximate surface area is 124 Å². The summed E-state index contributed by atoms with van der Waals surface area (Å²) in [6, 6.07) is 0. The topological polar surface area (TPSA) is 53.9 Å². The Morgan fingerprint density at radius 3 is 2.75 bits per heavy atom. The molecule has 2 heterocycles. The van der Waals surface area contributed by atoms with E-state index in [1.165, 1.54) is 4.88 Å². The standard InChI is InChI=1S/C14H21N5S/c1-5-6-15-14-16-7-10(2)13(18-14)19(4)8-12-11(3)17-9-20-12/h7,9H,5-6,8H2,1-4H3,(H,15,16,18). The Morgan fingerprint density at radius 1 is 1.30 bits per heavy atom. The molecule has 0 spiro atoms. The minimum atomic E-state index is 0.695. The summed E-state index contributed by atoms with van der Waals surface area (Å²) in [4.78, 5) is 16.6. The molecular weight excluding hydrogens is 270 g/mol. The summed E-state index contributed by atoms with van der Waals surface area (Å²) in [6.45, 7) is 7.91. The summed E-state index contributed by atoms with van der Waals surface area (Å²) in [7, 11) is 2.05. The normalized spacial score (nSPS) is 10.6. The monoisotopic (exact) mass is 291 g/mol. The van der Waals surface area contributed by atoms with Gasteiger partial charge in [0.2, 0.25) is 5.95 Å². The lowest BCUT2D eigenvalue weighted by Gasteiger charge is -2.20. The predicted molar refractivity (Wildman–Crippen MR) is 84.5 cm³/mol. The van der Waals surface area contributed by atoms with E-state index in [1.807, 2.05) is 25.6 Å². The Kier molecular flexibility index (Phi) is 4.89. The Morgan fingerprint density at radius 2 is 2.10 bits per heavy atom. The number of hydrogen-bond acceptors (Lipinski definition) is 6. The molecule has 0 atom stereocenters. The number of nitrogens with zero attached hydrogens (tertiary/aromatic N) is 4. The molecule has 2 aromatic heterocycles. The van der Waals surface area contributed by atoms with Gasteiger partial charge >= 0.3 is 0 Å². The first kappa shape index (κ1) is 14.7. The molecular formula is C14H21N5S. The summed E-state index contributed by atoms with van der Waals surface area (Å²) in [5, 5.41) is 3.23. The molecule has 2 aromatic rings. The first-order valence-corrected chi connectivity index (χ1v) is 7.67. The number of thiazole rings is 1. The maximum absolute atomic E-state index is 4.61. The van der Waals surface area contributed by atoms with E-state index in [2.05, 4.69) is 39.1 Å². The molecule has 5 nitrogen and oxygen atoms in total. The van der Waals surface area contributed by atoms with Crippen molar-refractivity contribution in [3.63, 3.8) is 0 Å². The molecule has 6 heteroatoms. The van der Waals surface area contributed by atoms with Crippen LogP contribution in [0.4, 0.5) is 11.8 Å². The molecule has 0 fully saturated rings. The zero-order valence-electron chi connectivity index (χ0n) is 12.5.